The van der Waals surface area contributed by atoms with Gasteiger partial charge in [0, 0.05) is 34.8 Å². The number of benzene rings is 2. The van der Waals surface area contributed by atoms with Gasteiger partial charge in [-0.05, 0) is 30.3 Å². The number of ether oxygens (including phenoxy) is 1. The smallest absolute Gasteiger partial charge is 0.340 e. The maximum atomic E-state index is 14.8. The highest BCUT2D eigenvalue weighted by atomic mass is 32.2. The van der Waals surface area contributed by atoms with E-state index in [4.69, 9.17) is 19.8 Å². The lowest BCUT2D eigenvalue weighted by molar-refractivity contribution is -1.08. The molecule has 0 spiro atoms. The van der Waals surface area contributed by atoms with Crippen LogP contribution in [0.4, 0.5) is 14.5 Å². The van der Waals surface area contributed by atoms with Crippen molar-refractivity contribution in [2.45, 2.75) is 10.6 Å². The average Bonchev–Trinajstić information content (AvgIpc) is 3.41. The van der Waals surface area contributed by atoms with Crippen molar-refractivity contribution in [1.29, 1.82) is 5.26 Å². The fraction of sp³-hybridized carbons (Fsp3) is 0.444. The summed E-state index contributed by atoms with van der Waals surface area (Å²) in [6, 6.07) is 10.3. The third kappa shape index (κ3) is 7.53. The van der Waals surface area contributed by atoms with Crippen molar-refractivity contribution >= 4 is 44.7 Å². The fourth-order valence-electron chi connectivity index (χ4n) is 5.84. The summed E-state index contributed by atoms with van der Waals surface area (Å²) in [4.78, 5) is 17.9. The van der Waals surface area contributed by atoms with Gasteiger partial charge in [-0.25, -0.2) is 17.2 Å². The van der Waals surface area contributed by atoms with Crippen LogP contribution in [0.15, 0.2) is 40.6 Å². The molecule has 1 aromatic heterocycles. The van der Waals surface area contributed by atoms with E-state index in [1.807, 2.05) is 10.8 Å². The fourth-order valence-corrected chi connectivity index (χ4v) is 9.33. The minimum Gasteiger partial charge on any atom is -0.488 e. The van der Waals surface area contributed by atoms with Crippen molar-refractivity contribution in [2.24, 2.45) is 0 Å². The number of piperazine rings is 3. The van der Waals surface area contributed by atoms with Crippen LogP contribution in [0.3, 0.4) is 0 Å². The normalized spacial score (nSPS) is 22.0. The van der Waals surface area contributed by atoms with Gasteiger partial charge in [0.25, 0.3) is 10.0 Å². The summed E-state index contributed by atoms with van der Waals surface area (Å²) < 4.78 is 74.5. The van der Waals surface area contributed by atoms with Crippen molar-refractivity contribution in [3.63, 3.8) is 0 Å². The Kier molecular flexibility index (Phi) is 9.14. The minimum atomic E-state index is -4.59. The second-order valence-electron chi connectivity index (χ2n) is 11.3. The Balaban J connectivity index is 1.10. The summed E-state index contributed by atoms with van der Waals surface area (Å²) in [5, 5.41) is 12.2. The van der Waals surface area contributed by atoms with Crippen LogP contribution in [0.25, 0.3) is 10.1 Å². The van der Waals surface area contributed by atoms with Crippen molar-refractivity contribution < 1.29 is 45.3 Å². The van der Waals surface area contributed by atoms with Gasteiger partial charge < -0.3 is 28.8 Å². The summed E-state index contributed by atoms with van der Waals surface area (Å²) in [7, 11) is -8.81. The van der Waals surface area contributed by atoms with Gasteiger partial charge in [-0.1, -0.05) is 0 Å². The molecule has 0 unspecified atom stereocenters. The number of hydrogen-bond acceptors (Lipinski definition) is 7. The Morgan fingerprint density at radius 3 is 2.30 bits per heavy atom. The molecular formula is C27H34F2N5O6PS2+2. The van der Waals surface area contributed by atoms with Gasteiger partial charge in [-0.15, -0.1) is 11.3 Å². The third-order valence-corrected chi connectivity index (χ3v) is 12.2. The number of thiophene rings is 1. The van der Waals surface area contributed by atoms with Gasteiger partial charge in [0.15, 0.2) is 0 Å². The van der Waals surface area contributed by atoms with Crippen LogP contribution in [0.2, 0.25) is 0 Å². The zero-order chi connectivity index (χ0) is 30.9. The number of quaternary nitrogens is 2. The molecule has 0 aliphatic carbocycles. The summed E-state index contributed by atoms with van der Waals surface area (Å²) in [6.45, 7) is 9.20. The molecule has 3 aromatic rings. The van der Waals surface area contributed by atoms with E-state index in [0.29, 0.717) is 22.7 Å². The van der Waals surface area contributed by atoms with E-state index >= 15 is 0 Å². The van der Waals surface area contributed by atoms with Gasteiger partial charge in [0.1, 0.15) is 86.4 Å². The van der Waals surface area contributed by atoms with Crippen LogP contribution in [-0.2, 0) is 14.6 Å². The van der Waals surface area contributed by atoms with Crippen molar-refractivity contribution in [1.82, 2.24) is 4.72 Å². The van der Waals surface area contributed by atoms with Crippen LogP contribution >= 0.6 is 18.9 Å². The van der Waals surface area contributed by atoms with Gasteiger partial charge in [-0.2, -0.15) is 9.98 Å². The lowest BCUT2D eigenvalue weighted by atomic mass is 10.1. The molecule has 0 atom stereocenters. The molecular weight excluding hydrogens is 623 g/mol. The number of halogens is 2. The second kappa shape index (κ2) is 12.4. The molecule has 11 nitrogen and oxygen atoms in total. The zero-order valence-corrected chi connectivity index (χ0v) is 25.9. The average molecular weight is 658 g/mol. The number of hydrogen-bond donors (Lipinski definition) is 4. The second-order valence-corrected chi connectivity index (χ2v) is 16.0. The predicted molar refractivity (Wildman–Crippen MR) is 158 cm³/mol. The molecule has 2 bridgehead atoms. The Morgan fingerprint density at radius 1 is 1.00 bits per heavy atom. The van der Waals surface area contributed by atoms with E-state index in [2.05, 4.69) is 5.32 Å². The molecule has 43 heavy (non-hydrogen) atoms. The highest BCUT2D eigenvalue weighted by Gasteiger charge is 2.48. The molecule has 0 saturated carbocycles. The van der Waals surface area contributed by atoms with E-state index in [-0.39, 0.29) is 15.2 Å². The molecule has 3 fully saturated rings. The lowest BCUT2D eigenvalue weighted by Crippen LogP contribution is -2.75. The van der Waals surface area contributed by atoms with Gasteiger partial charge >= 0.3 is 7.60 Å². The molecule has 4 N–H and O–H groups in total. The molecule has 3 aliphatic rings. The molecule has 0 radical (unpaired) electrons. The molecule has 4 heterocycles. The third-order valence-electron chi connectivity index (χ3n) is 8.47. The first-order valence-corrected chi connectivity index (χ1v) is 17.9. The molecule has 6 rings (SSSR count). The number of nitriles is 1. The van der Waals surface area contributed by atoms with Crippen LogP contribution in [0.5, 0.6) is 5.75 Å². The number of anilines is 1. The Labute approximate surface area is 252 Å². The number of fused-ring (bicyclic) bond motifs is 4. The first-order chi connectivity index (χ1) is 20.3. The molecule has 2 aromatic carbocycles. The molecule has 3 saturated heterocycles. The maximum absolute atomic E-state index is 14.8. The van der Waals surface area contributed by atoms with Crippen molar-refractivity contribution in [3.8, 4) is 11.8 Å². The van der Waals surface area contributed by atoms with E-state index in [9.17, 15) is 21.8 Å². The lowest BCUT2D eigenvalue weighted by Gasteiger charge is -2.55. The number of nitrogens with zero attached hydrogens (tertiary/aromatic N) is 3. The number of nitrogens with one attached hydrogen (secondary N) is 2. The molecule has 16 heteroatoms. The van der Waals surface area contributed by atoms with Crippen molar-refractivity contribution in [2.75, 3.05) is 77.1 Å². The maximum Gasteiger partial charge on any atom is 0.340 e. The highest BCUT2D eigenvalue weighted by molar-refractivity contribution is 7.92. The molecule has 3 aliphatic heterocycles. The summed E-state index contributed by atoms with van der Waals surface area (Å²) >= 11 is 0.801. The Bertz CT molecular complexity index is 1680. The van der Waals surface area contributed by atoms with Crippen LogP contribution in [-0.4, -0.2) is 99.0 Å². The zero-order valence-electron chi connectivity index (χ0n) is 23.3. The summed E-state index contributed by atoms with van der Waals surface area (Å²) in [5.74, 6) is -0.859. The van der Waals surface area contributed by atoms with Gasteiger partial charge in [0.05, 0.1) is 12.1 Å². The Morgan fingerprint density at radius 2 is 1.67 bits per heavy atom. The van der Waals surface area contributed by atoms with Crippen molar-refractivity contribution in [3.05, 3.63) is 53.6 Å². The number of rotatable bonds is 13. The quantitative estimate of drug-likeness (QED) is 0.125. The largest absolute Gasteiger partial charge is 0.488 e. The minimum absolute atomic E-state index is 0.0353. The first-order valence-electron chi connectivity index (χ1n) is 13.9. The van der Waals surface area contributed by atoms with Crippen LogP contribution < -0.4 is 14.8 Å². The SMILES string of the molecule is N#Cc1ccc(NCCC[N+]23CC[N+](CCOc4cc(F)c5cc(S(=O)(=O)NCP(=O)(O)O)sc5c4)(CC2)CC3)cc1F. The standard InChI is InChI=1S/C27H32F2N5O6PS2/c28-24-14-21(3-2-20(24)18-30)31-4-1-5-33-6-9-34(10-7-33,11-8-33)12-13-40-22-15-25(29)23-17-27(42-26(23)16-22)43(38,39)32-19-41(35,36)37/h2-3,14-17,31-32H,1,4-13,19H2/p+2. The summed E-state index contributed by atoms with van der Waals surface area (Å²) in [6.07, 6.45) is -0.0932. The Hall–Kier alpha value is -2.67. The van der Waals surface area contributed by atoms with E-state index in [0.717, 1.165) is 91.7 Å². The number of sulfonamides is 1. The molecule has 232 valence electrons. The van der Waals surface area contributed by atoms with Gasteiger partial charge in [0.2, 0.25) is 0 Å². The van der Waals surface area contributed by atoms with E-state index < -0.39 is 35.5 Å². The van der Waals surface area contributed by atoms with E-state index in [1.165, 1.54) is 18.2 Å². The van der Waals surface area contributed by atoms with E-state index in [1.54, 1.807) is 12.1 Å². The molecule has 0 amide bonds. The van der Waals surface area contributed by atoms with Crippen LogP contribution in [0, 0.1) is 23.0 Å². The first kappa shape index (κ1) is 31.7. The highest BCUT2D eigenvalue weighted by Crippen LogP contribution is 2.36. The van der Waals surface area contributed by atoms with Crippen LogP contribution in [0.1, 0.15) is 12.0 Å². The predicted octanol–water partition coefficient (Wildman–Crippen LogP) is 3.01. The van der Waals surface area contributed by atoms with Gasteiger partial charge in [-0.3, -0.25) is 4.57 Å². The topological polar surface area (TPSA) is 149 Å². The summed E-state index contributed by atoms with van der Waals surface area (Å²) in [5.41, 5.74) is 0.705. The monoisotopic (exact) mass is 657 g/mol.